The summed E-state index contributed by atoms with van der Waals surface area (Å²) in [4.78, 5) is 27.2. The van der Waals surface area contributed by atoms with Gasteiger partial charge in [0.25, 0.3) is 0 Å². The van der Waals surface area contributed by atoms with Crippen LogP contribution in [0.3, 0.4) is 0 Å². The van der Waals surface area contributed by atoms with Crippen molar-refractivity contribution < 1.29 is 23.1 Å². The molecule has 0 aliphatic heterocycles. The van der Waals surface area contributed by atoms with Crippen LogP contribution in [0.25, 0.3) is 10.9 Å². The van der Waals surface area contributed by atoms with Gasteiger partial charge in [0.2, 0.25) is 5.43 Å². The number of rotatable bonds is 3. The van der Waals surface area contributed by atoms with Crippen LogP contribution in [0.2, 0.25) is 0 Å². The predicted octanol–water partition coefficient (Wildman–Crippen LogP) is 2.62. The molecule has 118 valence electrons. The van der Waals surface area contributed by atoms with Gasteiger partial charge >= 0.3 is 5.97 Å². The maximum atomic E-state index is 14.1. The third-order valence-corrected chi connectivity index (χ3v) is 3.98. The summed E-state index contributed by atoms with van der Waals surface area (Å²) in [6.07, 6.45) is 2.38. The highest BCUT2D eigenvalue weighted by atomic mass is 32.1. The van der Waals surface area contributed by atoms with Crippen molar-refractivity contribution in [1.29, 1.82) is 0 Å². The largest absolute Gasteiger partial charge is 0.477 e. The SMILES string of the molecule is O=C(O)c1cn(Cc2nccs2)c2c(F)c(F)c(F)cc2c1=O. The van der Waals surface area contributed by atoms with E-state index in [4.69, 9.17) is 5.11 Å². The average Bonchev–Trinajstić information content (AvgIpc) is 3.00. The molecule has 0 aliphatic rings. The molecule has 2 aromatic heterocycles. The van der Waals surface area contributed by atoms with Crippen molar-refractivity contribution in [2.24, 2.45) is 0 Å². The van der Waals surface area contributed by atoms with Crippen molar-refractivity contribution in [3.05, 3.63) is 62.1 Å². The summed E-state index contributed by atoms with van der Waals surface area (Å²) in [5, 5.41) is 10.7. The van der Waals surface area contributed by atoms with Gasteiger partial charge < -0.3 is 9.67 Å². The zero-order chi connectivity index (χ0) is 16.7. The summed E-state index contributed by atoms with van der Waals surface area (Å²) in [6.45, 7) is -0.0866. The Kier molecular flexibility index (Phi) is 3.64. The lowest BCUT2D eigenvalue weighted by Crippen LogP contribution is -2.20. The lowest BCUT2D eigenvalue weighted by atomic mass is 10.1. The lowest BCUT2D eigenvalue weighted by molar-refractivity contribution is 0.0695. The van der Waals surface area contributed by atoms with Gasteiger partial charge in [-0.2, -0.15) is 0 Å². The number of carboxylic acid groups (broad SMARTS) is 1. The van der Waals surface area contributed by atoms with Crippen LogP contribution in [0.15, 0.2) is 28.6 Å². The number of carboxylic acids is 1. The number of aromatic carboxylic acids is 1. The summed E-state index contributed by atoms with van der Waals surface area (Å²) in [7, 11) is 0. The Hall–Kier alpha value is -2.68. The molecule has 1 N–H and O–H groups in total. The van der Waals surface area contributed by atoms with Gasteiger partial charge in [0.1, 0.15) is 10.6 Å². The molecule has 0 saturated heterocycles. The Balaban J connectivity index is 2.41. The first kappa shape index (κ1) is 15.2. The fourth-order valence-corrected chi connectivity index (χ4v) is 2.83. The fraction of sp³-hybridized carbons (Fsp3) is 0.0714. The lowest BCUT2D eigenvalue weighted by Gasteiger charge is -2.12. The van der Waals surface area contributed by atoms with E-state index in [1.807, 2.05) is 0 Å². The second kappa shape index (κ2) is 5.51. The number of pyridine rings is 1. The Bertz CT molecular complexity index is 983. The van der Waals surface area contributed by atoms with E-state index in [9.17, 15) is 22.8 Å². The van der Waals surface area contributed by atoms with Gasteiger partial charge in [-0.3, -0.25) is 4.79 Å². The summed E-state index contributed by atoms with van der Waals surface area (Å²) in [5.74, 6) is -6.39. The van der Waals surface area contributed by atoms with Gasteiger partial charge in [-0.05, 0) is 6.07 Å². The molecule has 0 aliphatic carbocycles. The summed E-state index contributed by atoms with van der Waals surface area (Å²) in [5.41, 5.74) is -2.26. The molecular weight excluding hydrogens is 333 g/mol. The molecule has 0 radical (unpaired) electrons. The van der Waals surface area contributed by atoms with Crippen molar-refractivity contribution >= 4 is 28.2 Å². The van der Waals surface area contributed by atoms with E-state index < -0.39 is 45.3 Å². The van der Waals surface area contributed by atoms with Crippen LogP contribution in [-0.2, 0) is 6.54 Å². The Morgan fingerprint density at radius 2 is 2.04 bits per heavy atom. The molecule has 5 nitrogen and oxygen atoms in total. The first-order valence-corrected chi connectivity index (χ1v) is 7.10. The van der Waals surface area contributed by atoms with Gasteiger partial charge in [-0.25, -0.2) is 22.9 Å². The Morgan fingerprint density at radius 1 is 1.30 bits per heavy atom. The minimum atomic E-state index is -1.73. The normalized spacial score (nSPS) is 11.1. The van der Waals surface area contributed by atoms with E-state index >= 15 is 0 Å². The van der Waals surface area contributed by atoms with Gasteiger partial charge in [-0.1, -0.05) is 0 Å². The standard InChI is InChI=1S/C14H7F3N2O3S/c15-8-3-6-12(11(17)10(8)16)19(5-9-18-1-2-23-9)4-7(13(6)20)14(21)22/h1-4H,5H2,(H,21,22). The quantitative estimate of drug-likeness (QED) is 0.744. The molecule has 2 heterocycles. The number of hydrogen-bond acceptors (Lipinski definition) is 4. The van der Waals surface area contributed by atoms with E-state index in [1.165, 1.54) is 17.5 Å². The average molecular weight is 340 g/mol. The third kappa shape index (κ3) is 2.48. The van der Waals surface area contributed by atoms with Crippen LogP contribution < -0.4 is 5.43 Å². The number of halogens is 3. The van der Waals surface area contributed by atoms with Crippen LogP contribution in [0.1, 0.15) is 15.4 Å². The zero-order valence-corrected chi connectivity index (χ0v) is 12.0. The number of nitrogens with zero attached hydrogens (tertiary/aromatic N) is 2. The van der Waals surface area contributed by atoms with Gasteiger partial charge in [0, 0.05) is 17.8 Å². The van der Waals surface area contributed by atoms with Gasteiger partial charge in [0.05, 0.1) is 17.4 Å². The predicted molar refractivity (Wildman–Crippen MR) is 76.3 cm³/mol. The van der Waals surface area contributed by atoms with E-state index in [0.29, 0.717) is 11.1 Å². The summed E-state index contributed by atoms with van der Waals surface area (Å²) in [6, 6.07) is 0.501. The molecular formula is C14H7F3N2O3S. The maximum Gasteiger partial charge on any atom is 0.341 e. The molecule has 0 amide bonds. The van der Waals surface area contributed by atoms with Crippen molar-refractivity contribution in [2.75, 3.05) is 0 Å². The monoisotopic (exact) mass is 340 g/mol. The molecule has 0 spiro atoms. The van der Waals surface area contributed by atoms with Crippen LogP contribution in [0, 0.1) is 17.5 Å². The third-order valence-electron chi connectivity index (χ3n) is 3.22. The molecule has 0 bridgehead atoms. The number of aromatic nitrogens is 2. The molecule has 0 saturated carbocycles. The highest BCUT2D eigenvalue weighted by Gasteiger charge is 2.22. The van der Waals surface area contributed by atoms with Gasteiger partial charge in [0.15, 0.2) is 17.5 Å². The van der Waals surface area contributed by atoms with Crippen molar-refractivity contribution in [3.8, 4) is 0 Å². The smallest absolute Gasteiger partial charge is 0.341 e. The molecule has 3 rings (SSSR count). The highest BCUT2D eigenvalue weighted by molar-refractivity contribution is 7.09. The van der Waals surface area contributed by atoms with E-state index in [1.54, 1.807) is 5.38 Å². The second-order valence-electron chi connectivity index (χ2n) is 4.61. The number of thiazole rings is 1. The first-order chi connectivity index (χ1) is 10.9. The molecule has 1 aromatic carbocycles. The minimum Gasteiger partial charge on any atom is -0.477 e. The number of carbonyl (C=O) groups is 1. The summed E-state index contributed by atoms with van der Waals surface area (Å²) >= 11 is 1.21. The van der Waals surface area contributed by atoms with Crippen LogP contribution in [0.4, 0.5) is 13.2 Å². The van der Waals surface area contributed by atoms with E-state index in [-0.39, 0.29) is 6.54 Å². The molecule has 0 fully saturated rings. The van der Waals surface area contributed by atoms with Gasteiger partial charge in [-0.15, -0.1) is 11.3 Å². The van der Waals surface area contributed by atoms with Crippen molar-refractivity contribution in [2.45, 2.75) is 6.54 Å². The molecule has 0 atom stereocenters. The van der Waals surface area contributed by atoms with Crippen LogP contribution in [0.5, 0.6) is 0 Å². The fourth-order valence-electron chi connectivity index (χ4n) is 2.22. The second-order valence-corrected chi connectivity index (χ2v) is 5.59. The number of hydrogen-bond donors (Lipinski definition) is 1. The van der Waals surface area contributed by atoms with Crippen molar-refractivity contribution in [1.82, 2.24) is 9.55 Å². The Morgan fingerprint density at radius 3 is 2.65 bits per heavy atom. The molecule has 3 aromatic rings. The van der Waals surface area contributed by atoms with Crippen LogP contribution >= 0.6 is 11.3 Å². The number of benzene rings is 1. The van der Waals surface area contributed by atoms with E-state index in [2.05, 4.69) is 4.98 Å². The maximum absolute atomic E-state index is 14.1. The van der Waals surface area contributed by atoms with E-state index in [0.717, 1.165) is 10.8 Å². The topological polar surface area (TPSA) is 72.2 Å². The zero-order valence-electron chi connectivity index (χ0n) is 11.2. The number of fused-ring (bicyclic) bond motifs is 1. The van der Waals surface area contributed by atoms with Crippen molar-refractivity contribution in [3.63, 3.8) is 0 Å². The first-order valence-electron chi connectivity index (χ1n) is 6.22. The molecule has 0 unspecified atom stereocenters. The Labute approximate surface area is 130 Å². The highest BCUT2D eigenvalue weighted by Crippen LogP contribution is 2.23. The molecule has 23 heavy (non-hydrogen) atoms. The van der Waals surface area contributed by atoms with Crippen LogP contribution in [-0.4, -0.2) is 20.6 Å². The molecule has 9 heteroatoms. The minimum absolute atomic E-state index is 0.0866. The summed E-state index contributed by atoms with van der Waals surface area (Å²) < 4.78 is 42.1.